The third-order valence-electron chi connectivity index (χ3n) is 3.99. The molecule has 1 aliphatic rings. The molecule has 1 aliphatic carbocycles. The lowest BCUT2D eigenvalue weighted by Crippen LogP contribution is -2.42. The molecule has 0 aromatic heterocycles. The molecule has 0 radical (unpaired) electrons. The van der Waals surface area contributed by atoms with E-state index in [4.69, 9.17) is 0 Å². The molecule has 3 nitrogen and oxygen atoms in total. The van der Waals surface area contributed by atoms with Crippen molar-refractivity contribution < 1.29 is 9.90 Å². The van der Waals surface area contributed by atoms with E-state index in [0.717, 1.165) is 42.6 Å². The van der Waals surface area contributed by atoms with Crippen LogP contribution in [-0.4, -0.2) is 29.4 Å². The van der Waals surface area contributed by atoms with Crippen LogP contribution in [-0.2, 0) is 0 Å². The van der Waals surface area contributed by atoms with Gasteiger partial charge in [-0.05, 0) is 43.7 Å². The topological polar surface area (TPSA) is 49.3 Å². The zero-order chi connectivity index (χ0) is 14.5. The minimum absolute atomic E-state index is 0.0654. The lowest BCUT2D eigenvalue weighted by atomic mass is 10.0. The highest BCUT2D eigenvalue weighted by Crippen LogP contribution is 2.21. The van der Waals surface area contributed by atoms with Gasteiger partial charge in [-0.1, -0.05) is 25.3 Å². The average molecular weight is 293 g/mol. The summed E-state index contributed by atoms with van der Waals surface area (Å²) < 4.78 is 0. The largest absolute Gasteiger partial charge is 0.391 e. The number of amides is 1. The maximum Gasteiger partial charge on any atom is 0.251 e. The molecule has 4 heteroatoms. The van der Waals surface area contributed by atoms with Crippen LogP contribution < -0.4 is 5.32 Å². The Bertz CT molecular complexity index is 476. The lowest BCUT2D eigenvalue weighted by Gasteiger charge is -2.22. The number of carbonyl (C=O) groups is 1. The molecule has 1 fully saturated rings. The smallest absolute Gasteiger partial charge is 0.251 e. The van der Waals surface area contributed by atoms with Crippen LogP contribution in [0.15, 0.2) is 23.1 Å². The van der Waals surface area contributed by atoms with E-state index in [1.807, 2.05) is 31.4 Å². The molecular weight excluding hydrogens is 270 g/mol. The molecule has 1 saturated carbocycles. The average Bonchev–Trinajstić information content (AvgIpc) is 2.64. The maximum atomic E-state index is 12.4. The van der Waals surface area contributed by atoms with Crippen molar-refractivity contribution in [1.82, 2.24) is 5.32 Å². The summed E-state index contributed by atoms with van der Waals surface area (Å²) in [5, 5.41) is 13.1. The second-order valence-corrected chi connectivity index (χ2v) is 6.35. The molecule has 2 rings (SSSR count). The zero-order valence-electron chi connectivity index (χ0n) is 12.2. The number of thioether (sulfide) groups is 1. The van der Waals surface area contributed by atoms with Crippen LogP contribution in [0.1, 0.15) is 48.0 Å². The molecule has 0 bridgehead atoms. The SMILES string of the molecule is CSc1ccc(C)c(C(=O)NC2CCCCCC2O)c1. The summed E-state index contributed by atoms with van der Waals surface area (Å²) in [7, 11) is 0. The first kappa shape index (κ1) is 15.4. The Kier molecular flexibility index (Phi) is 5.49. The summed E-state index contributed by atoms with van der Waals surface area (Å²) in [5.74, 6) is -0.0654. The van der Waals surface area contributed by atoms with E-state index < -0.39 is 6.10 Å². The van der Waals surface area contributed by atoms with E-state index in [-0.39, 0.29) is 11.9 Å². The Balaban J connectivity index is 2.10. The summed E-state index contributed by atoms with van der Waals surface area (Å²) >= 11 is 1.63. The van der Waals surface area contributed by atoms with Gasteiger partial charge >= 0.3 is 0 Å². The Hall–Kier alpha value is -1.00. The van der Waals surface area contributed by atoms with Crippen molar-refractivity contribution >= 4 is 17.7 Å². The Morgan fingerprint density at radius 1 is 1.30 bits per heavy atom. The van der Waals surface area contributed by atoms with Gasteiger partial charge in [-0.15, -0.1) is 11.8 Å². The number of aryl methyl sites for hydroxylation is 1. The highest BCUT2D eigenvalue weighted by Gasteiger charge is 2.24. The Labute approximate surface area is 125 Å². The minimum atomic E-state index is -0.412. The van der Waals surface area contributed by atoms with Gasteiger partial charge in [0.15, 0.2) is 0 Å². The van der Waals surface area contributed by atoms with Crippen LogP contribution in [0.3, 0.4) is 0 Å². The second kappa shape index (κ2) is 7.14. The molecule has 0 saturated heterocycles. The van der Waals surface area contributed by atoms with E-state index in [2.05, 4.69) is 5.32 Å². The van der Waals surface area contributed by atoms with Crippen molar-refractivity contribution in [3.8, 4) is 0 Å². The normalized spacial score (nSPS) is 23.1. The van der Waals surface area contributed by atoms with E-state index in [1.165, 1.54) is 0 Å². The van der Waals surface area contributed by atoms with Crippen LogP contribution in [0.5, 0.6) is 0 Å². The van der Waals surface area contributed by atoms with Crippen LogP contribution in [0.4, 0.5) is 0 Å². The summed E-state index contributed by atoms with van der Waals surface area (Å²) in [5.41, 5.74) is 1.69. The second-order valence-electron chi connectivity index (χ2n) is 5.47. The highest BCUT2D eigenvalue weighted by atomic mass is 32.2. The van der Waals surface area contributed by atoms with E-state index >= 15 is 0 Å². The monoisotopic (exact) mass is 293 g/mol. The predicted octanol–water partition coefficient (Wildman–Crippen LogP) is 3.14. The molecule has 0 spiro atoms. The third kappa shape index (κ3) is 3.76. The van der Waals surface area contributed by atoms with Crippen LogP contribution >= 0.6 is 11.8 Å². The molecular formula is C16H23NO2S. The number of nitrogens with one attached hydrogen (secondary N) is 1. The van der Waals surface area contributed by atoms with Gasteiger partial charge in [0.25, 0.3) is 5.91 Å². The summed E-state index contributed by atoms with van der Waals surface area (Å²) in [6.45, 7) is 1.95. The molecule has 20 heavy (non-hydrogen) atoms. The van der Waals surface area contributed by atoms with Crippen LogP contribution in [0.25, 0.3) is 0 Å². The first-order valence-electron chi connectivity index (χ1n) is 7.25. The van der Waals surface area contributed by atoms with Gasteiger partial charge in [-0.25, -0.2) is 0 Å². The molecule has 1 amide bonds. The van der Waals surface area contributed by atoms with Crippen LogP contribution in [0.2, 0.25) is 0 Å². The molecule has 0 heterocycles. The van der Waals surface area contributed by atoms with E-state index in [9.17, 15) is 9.90 Å². The molecule has 2 N–H and O–H groups in total. The molecule has 2 atom stereocenters. The van der Waals surface area contributed by atoms with Gasteiger partial charge in [0.1, 0.15) is 0 Å². The van der Waals surface area contributed by atoms with Gasteiger partial charge in [-0.3, -0.25) is 4.79 Å². The first-order valence-corrected chi connectivity index (χ1v) is 8.48. The van der Waals surface area contributed by atoms with E-state index in [1.54, 1.807) is 11.8 Å². The minimum Gasteiger partial charge on any atom is -0.391 e. The Morgan fingerprint density at radius 3 is 2.80 bits per heavy atom. The fourth-order valence-electron chi connectivity index (χ4n) is 2.68. The van der Waals surface area contributed by atoms with Crippen molar-refractivity contribution in [2.45, 2.75) is 56.1 Å². The van der Waals surface area contributed by atoms with Crippen molar-refractivity contribution in [3.05, 3.63) is 29.3 Å². The van der Waals surface area contributed by atoms with Gasteiger partial charge in [0.2, 0.25) is 0 Å². The maximum absolute atomic E-state index is 12.4. The quantitative estimate of drug-likeness (QED) is 0.665. The van der Waals surface area contributed by atoms with Crippen LogP contribution in [0, 0.1) is 6.92 Å². The summed E-state index contributed by atoms with van der Waals surface area (Å²) in [6, 6.07) is 5.82. The summed E-state index contributed by atoms with van der Waals surface area (Å²) in [6.07, 6.45) is 6.51. The number of hydrogen-bond donors (Lipinski definition) is 2. The number of rotatable bonds is 3. The molecule has 0 aliphatic heterocycles. The van der Waals surface area contributed by atoms with Gasteiger partial charge in [0, 0.05) is 10.5 Å². The summed E-state index contributed by atoms with van der Waals surface area (Å²) in [4.78, 5) is 13.5. The fraction of sp³-hybridized carbons (Fsp3) is 0.562. The number of carbonyl (C=O) groups excluding carboxylic acids is 1. The van der Waals surface area contributed by atoms with Crippen molar-refractivity contribution in [3.63, 3.8) is 0 Å². The van der Waals surface area contributed by atoms with Gasteiger partial charge < -0.3 is 10.4 Å². The van der Waals surface area contributed by atoms with Gasteiger partial charge in [-0.2, -0.15) is 0 Å². The number of benzene rings is 1. The van der Waals surface area contributed by atoms with Crippen molar-refractivity contribution in [1.29, 1.82) is 0 Å². The fourth-order valence-corrected chi connectivity index (χ4v) is 3.12. The van der Waals surface area contributed by atoms with Crippen molar-refractivity contribution in [2.75, 3.05) is 6.26 Å². The Morgan fingerprint density at radius 2 is 2.05 bits per heavy atom. The van der Waals surface area contributed by atoms with Crippen molar-refractivity contribution in [2.24, 2.45) is 0 Å². The first-order chi connectivity index (χ1) is 9.61. The zero-order valence-corrected chi connectivity index (χ0v) is 13.0. The number of aliphatic hydroxyl groups excluding tert-OH is 1. The number of hydrogen-bond acceptors (Lipinski definition) is 3. The number of aliphatic hydroxyl groups is 1. The highest BCUT2D eigenvalue weighted by molar-refractivity contribution is 7.98. The third-order valence-corrected chi connectivity index (χ3v) is 4.71. The van der Waals surface area contributed by atoms with E-state index in [0.29, 0.717) is 5.56 Å². The molecule has 110 valence electrons. The lowest BCUT2D eigenvalue weighted by molar-refractivity contribution is 0.0818. The molecule has 1 aromatic rings. The predicted molar refractivity (Wildman–Crippen MR) is 83.3 cm³/mol. The molecule has 2 unspecified atom stereocenters. The van der Waals surface area contributed by atoms with Gasteiger partial charge in [0.05, 0.1) is 12.1 Å². The molecule has 1 aromatic carbocycles. The standard InChI is InChI=1S/C16H23NO2S/c1-11-8-9-12(20-2)10-13(11)16(19)17-14-6-4-3-5-7-15(14)18/h8-10,14-15,18H,3-7H2,1-2H3,(H,17,19).